The summed E-state index contributed by atoms with van der Waals surface area (Å²) in [4.78, 5) is 4.56. The van der Waals surface area contributed by atoms with Crippen molar-refractivity contribution in [3.8, 4) is 0 Å². The molecule has 0 saturated heterocycles. The first kappa shape index (κ1) is 10.2. The van der Waals surface area contributed by atoms with Gasteiger partial charge in [-0.25, -0.2) is 5.84 Å². The molecule has 82 valence electrons. The van der Waals surface area contributed by atoms with E-state index in [0.717, 1.165) is 24.4 Å². The van der Waals surface area contributed by atoms with Crippen LogP contribution in [-0.4, -0.2) is 11.9 Å². The highest BCUT2D eigenvalue weighted by atomic mass is 16.3. The molecule has 0 unspecified atom stereocenters. The van der Waals surface area contributed by atoms with Crippen LogP contribution in [0.2, 0.25) is 0 Å². The summed E-state index contributed by atoms with van der Waals surface area (Å²) in [6, 6.07) is 4.21. The molecule has 0 amide bonds. The van der Waals surface area contributed by atoms with Crippen LogP contribution < -0.4 is 11.3 Å². The average Bonchev–Trinajstić information content (AvgIpc) is 2.85. The Morgan fingerprint density at radius 1 is 1.47 bits per heavy atom. The van der Waals surface area contributed by atoms with E-state index in [-0.39, 0.29) is 0 Å². The summed E-state index contributed by atoms with van der Waals surface area (Å²) in [5.41, 5.74) is 2.61. The van der Waals surface area contributed by atoms with Gasteiger partial charge in [-0.3, -0.25) is 4.99 Å². The SMILES string of the molecule is Cc1ccc(C(=NC2CCCC2)NN)o1. The molecular formula is C11H17N3O. The highest BCUT2D eigenvalue weighted by molar-refractivity contribution is 5.96. The molecule has 0 aliphatic heterocycles. The second kappa shape index (κ2) is 4.49. The van der Waals surface area contributed by atoms with Crippen LogP contribution in [0.15, 0.2) is 21.5 Å². The van der Waals surface area contributed by atoms with Gasteiger partial charge in [-0.1, -0.05) is 12.8 Å². The first-order chi connectivity index (χ1) is 7.29. The van der Waals surface area contributed by atoms with E-state index in [1.807, 2.05) is 19.1 Å². The quantitative estimate of drug-likeness (QED) is 0.336. The fourth-order valence-electron chi connectivity index (χ4n) is 1.95. The Balaban J connectivity index is 2.15. The Kier molecular flexibility index (Phi) is 3.06. The van der Waals surface area contributed by atoms with Crippen molar-refractivity contribution in [3.05, 3.63) is 23.7 Å². The van der Waals surface area contributed by atoms with Gasteiger partial charge in [-0.05, 0) is 31.9 Å². The van der Waals surface area contributed by atoms with Crippen molar-refractivity contribution in [2.75, 3.05) is 0 Å². The fraction of sp³-hybridized carbons (Fsp3) is 0.545. The van der Waals surface area contributed by atoms with Gasteiger partial charge >= 0.3 is 0 Å². The number of nitrogens with one attached hydrogen (secondary N) is 1. The van der Waals surface area contributed by atoms with Gasteiger partial charge in [0.05, 0.1) is 6.04 Å². The first-order valence-corrected chi connectivity index (χ1v) is 5.41. The van der Waals surface area contributed by atoms with Crippen LogP contribution in [0, 0.1) is 6.92 Å². The number of aryl methyl sites for hydroxylation is 1. The van der Waals surface area contributed by atoms with Crippen LogP contribution in [0.4, 0.5) is 0 Å². The minimum Gasteiger partial charge on any atom is -0.458 e. The van der Waals surface area contributed by atoms with E-state index in [9.17, 15) is 0 Å². The number of nitrogens with zero attached hydrogens (tertiary/aromatic N) is 1. The van der Waals surface area contributed by atoms with Crippen LogP contribution in [-0.2, 0) is 0 Å². The van der Waals surface area contributed by atoms with E-state index in [2.05, 4.69) is 10.4 Å². The maximum Gasteiger partial charge on any atom is 0.179 e. The summed E-state index contributed by atoms with van der Waals surface area (Å²) in [5.74, 6) is 7.71. The minimum atomic E-state index is 0.404. The molecule has 0 bridgehead atoms. The molecule has 1 aromatic rings. The number of hydrogen-bond acceptors (Lipinski definition) is 3. The molecule has 2 rings (SSSR count). The Bertz CT molecular complexity index is 350. The van der Waals surface area contributed by atoms with E-state index >= 15 is 0 Å². The van der Waals surface area contributed by atoms with E-state index < -0.39 is 0 Å². The average molecular weight is 207 g/mol. The Morgan fingerprint density at radius 2 is 2.20 bits per heavy atom. The second-order valence-electron chi connectivity index (χ2n) is 3.97. The van der Waals surface area contributed by atoms with Crippen LogP contribution in [0.1, 0.15) is 37.2 Å². The lowest BCUT2D eigenvalue weighted by Crippen LogP contribution is -2.31. The summed E-state index contributed by atoms with van der Waals surface area (Å²) in [6.45, 7) is 1.91. The number of hydrogen-bond donors (Lipinski definition) is 2. The highest BCUT2D eigenvalue weighted by Crippen LogP contribution is 2.21. The molecule has 1 fully saturated rings. The molecule has 1 aromatic heterocycles. The predicted octanol–water partition coefficient (Wildman–Crippen LogP) is 1.74. The summed E-state index contributed by atoms with van der Waals surface area (Å²) >= 11 is 0. The summed E-state index contributed by atoms with van der Waals surface area (Å²) in [5, 5.41) is 0. The van der Waals surface area contributed by atoms with Crippen LogP contribution in [0.25, 0.3) is 0 Å². The number of amidine groups is 1. The van der Waals surface area contributed by atoms with Gasteiger partial charge in [0.1, 0.15) is 5.76 Å². The minimum absolute atomic E-state index is 0.404. The number of rotatable bonds is 2. The monoisotopic (exact) mass is 207 g/mol. The largest absolute Gasteiger partial charge is 0.458 e. The molecule has 0 aromatic carbocycles. The first-order valence-electron chi connectivity index (χ1n) is 5.41. The molecule has 1 aliphatic rings. The van der Waals surface area contributed by atoms with E-state index in [0.29, 0.717) is 11.9 Å². The zero-order valence-corrected chi connectivity index (χ0v) is 8.99. The zero-order valence-electron chi connectivity index (χ0n) is 8.99. The van der Waals surface area contributed by atoms with Crippen molar-refractivity contribution in [2.45, 2.75) is 38.6 Å². The van der Waals surface area contributed by atoms with Gasteiger partial charge in [-0.2, -0.15) is 0 Å². The van der Waals surface area contributed by atoms with Gasteiger partial charge in [0, 0.05) is 0 Å². The molecule has 0 spiro atoms. The summed E-state index contributed by atoms with van der Waals surface area (Å²) in [7, 11) is 0. The van der Waals surface area contributed by atoms with E-state index in [1.165, 1.54) is 12.8 Å². The topological polar surface area (TPSA) is 63.5 Å². The van der Waals surface area contributed by atoms with Gasteiger partial charge < -0.3 is 9.84 Å². The third-order valence-electron chi connectivity index (χ3n) is 2.75. The maximum atomic E-state index is 5.47. The third-order valence-corrected chi connectivity index (χ3v) is 2.75. The Hall–Kier alpha value is -1.29. The fourth-order valence-corrected chi connectivity index (χ4v) is 1.95. The van der Waals surface area contributed by atoms with Gasteiger partial charge in [-0.15, -0.1) is 0 Å². The van der Waals surface area contributed by atoms with Crippen LogP contribution in [0.3, 0.4) is 0 Å². The highest BCUT2D eigenvalue weighted by Gasteiger charge is 2.16. The molecule has 1 heterocycles. The normalized spacial score (nSPS) is 18.4. The third kappa shape index (κ3) is 2.39. The van der Waals surface area contributed by atoms with Gasteiger partial charge in [0.15, 0.2) is 11.6 Å². The van der Waals surface area contributed by atoms with Crippen molar-refractivity contribution in [1.29, 1.82) is 0 Å². The molecular weight excluding hydrogens is 190 g/mol. The maximum absolute atomic E-state index is 5.47. The van der Waals surface area contributed by atoms with Gasteiger partial charge in [0.25, 0.3) is 0 Å². The van der Waals surface area contributed by atoms with Crippen molar-refractivity contribution in [3.63, 3.8) is 0 Å². The van der Waals surface area contributed by atoms with Crippen molar-refractivity contribution >= 4 is 5.84 Å². The molecule has 1 saturated carbocycles. The molecule has 4 heteroatoms. The molecule has 0 atom stereocenters. The smallest absolute Gasteiger partial charge is 0.179 e. The molecule has 1 aliphatic carbocycles. The number of aliphatic imine (C=N–C) groups is 1. The number of hydrazine groups is 1. The lowest BCUT2D eigenvalue weighted by molar-refractivity contribution is 0.520. The molecule has 4 nitrogen and oxygen atoms in total. The zero-order chi connectivity index (χ0) is 10.7. The van der Waals surface area contributed by atoms with Crippen LogP contribution >= 0.6 is 0 Å². The summed E-state index contributed by atoms with van der Waals surface area (Å²) in [6.07, 6.45) is 4.85. The predicted molar refractivity (Wildman–Crippen MR) is 59.6 cm³/mol. The Morgan fingerprint density at radius 3 is 2.73 bits per heavy atom. The molecule has 15 heavy (non-hydrogen) atoms. The standard InChI is InChI=1S/C11H17N3O/c1-8-6-7-10(15-8)11(14-12)13-9-4-2-3-5-9/h6-7,9H,2-5,12H2,1H3,(H,13,14). The van der Waals surface area contributed by atoms with E-state index in [1.54, 1.807) is 0 Å². The lowest BCUT2D eigenvalue weighted by atomic mass is 10.2. The molecule has 3 N–H and O–H groups in total. The van der Waals surface area contributed by atoms with Crippen molar-refractivity contribution in [2.24, 2.45) is 10.8 Å². The number of furan rings is 1. The van der Waals surface area contributed by atoms with Gasteiger partial charge in [0.2, 0.25) is 0 Å². The van der Waals surface area contributed by atoms with Crippen LogP contribution in [0.5, 0.6) is 0 Å². The lowest BCUT2D eigenvalue weighted by Gasteiger charge is -2.06. The van der Waals surface area contributed by atoms with E-state index in [4.69, 9.17) is 10.3 Å². The summed E-state index contributed by atoms with van der Waals surface area (Å²) < 4.78 is 5.47. The van der Waals surface area contributed by atoms with Crippen molar-refractivity contribution < 1.29 is 4.42 Å². The molecule has 0 radical (unpaired) electrons. The van der Waals surface area contributed by atoms with Crippen molar-refractivity contribution in [1.82, 2.24) is 5.43 Å². The second-order valence-corrected chi connectivity index (χ2v) is 3.97. The number of nitrogens with two attached hydrogens (primary N) is 1. The Labute approximate surface area is 89.5 Å².